The number of benzene rings is 1. The number of pyridine rings is 1. The fraction of sp³-hybridized carbons (Fsp3) is 0.0769. The number of carbonyl (C=O) groups is 1. The minimum absolute atomic E-state index is 0.00509. The lowest BCUT2D eigenvalue weighted by Crippen LogP contribution is -2.04. The molecule has 0 spiro atoms. The topological polar surface area (TPSA) is 50.2 Å². The number of aryl methyl sites for hydroxylation is 1. The molecule has 3 nitrogen and oxygen atoms in total. The van der Waals surface area contributed by atoms with E-state index in [9.17, 15) is 13.6 Å². The van der Waals surface area contributed by atoms with E-state index in [0.29, 0.717) is 5.56 Å². The van der Waals surface area contributed by atoms with Gasteiger partial charge in [0.25, 0.3) is 0 Å². The maximum absolute atomic E-state index is 13.6. The van der Waals surface area contributed by atoms with Crippen LogP contribution in [0.3, 0.4) is 0 Å². The Morgan fingerprint density at radius 1 is 1.17 bits per heavy atom. The third-order valence-corrected chi connectivity index (χ3v) is 2.52. The Balaban J connectivity index is 2.70. The molecule has 0 amide bonds. The fourth-order valence-corrected chi connectivity index (χ4v) is 1.62. The van der Waals surface area contributed by atoms with Crippen molar-refractivity contribution in [2.24, 2.45) is 0 Å². The van der Waals surface area contributed by atoms with Crippen LogP contribution in [0.1, 0.15) is 16.1 Å². The van der Waals surface area contributed by atoms with Crippen molar-refractivity contribution in [3.8, 4) is 11.3 Å². The highest BCUT2D eigenvalue weighted by atomic mass is 19.1. The van der Waals surface area contributed by atoms with Gasteiger partial charge in [0, 0.05) is 0 Å². The lowest BCUT2D eigenvalue weighted by Gasteiger charge is -2.08. The van der Waals surface area contributed by atoms with Gasteiger partial charge in [0.05, 0.1) is 11.3 Å². The quantitative estimate of drug-likeness (QED) is 0.889. The molecule has 1 aromatic heterocycles. The Hall–Kier alpha value is -2.30. The molecule has 0 bridgehead atoms. The summed E-state index contributed by atoms with van der Waals surface area (Å²) in [5.74, 6) is -2.78. The first-order chi connectivity index (χ1) is 8.50. The van der Waals surface area contributed by atoms with Crippen molar-refractivity contribution in [2.75, 3.05) is 0 Å². The molecule has 0 aliphatic carbocycles. The van der Waals surface area contributed by atoms with Crippen LogP contribution in [0.15, 0.2) is 30.3 Å². The van der Waals surface area contributed by atoms with E-state index >= 15 is 0 Å². The largest absolute Gasteiger partial charge is 0.477 e. The second-order valence-electron chi connectivity index (χ2n) is 3.76. The number of aromatic carboxylic acids is 1. The zero-order valence-electron chi connectivity index (χ0n) is 9.45. The predicted molar refractivity (Wildman–Crippen MR) is 61.3 cm³/mol. The maximum Gasteiger partial charge on any atom is 0.354 e. The van der Waals surface area contributed by atoms with E-state index in [0.717, 1.165) is 12.1 Å². The van der Waals surface area contributed by atoms with Crippen molar-refractivity contribution in [1.29, 1.82) is 0 Å². The molecule has 0 fully saturated rings. The van der Waals surface area contributed by atoms with Gasteiger partial charge in [0.1, 0.15) is 17.3 Å². The van der Waals surface area contributed by atoms with E-state index in [1.165, 1.54) is 18.2 Å². The van der Waals surface area contributed by atoms with E-state index in [4.69, 9.17) is 5.11 Å². The second kappa shape index (κ2) is 4.52. The van der Waals surface area contributed by atoms with Crippen LogP contribution >= 0.6 is 0 Å². The molecule has 2 rings (SSSR count). The second-order valence-corrected chi connectivity index (χ2v) is 3.76. The molecule has 92 valence electrons. The Bertz CT molecular complexity index is 606. The smallest absolute Gasteiger partial charge is 0.354 e. The number of hydrogen-bond acceptors (Lipinski definition) is 2. The number of aromatic nitrogens is 1. The van der Waals surface area contributed by atoms with Gasteiger partial charge in [-0.2, -0.15) is 0 Å². The summed E-state index contributed by atoms with van der Waals surface area (Å²) in [4.78, 5) is 14.6. The molecule has 0 saturated heterocycles. The Kier molecular flexibility index (Phi) is 3.06. The van der Waals surface area contributed by atoms with Crippen LogP contribution in [0.5, 0.6) is 0 Å². The number of rotatable bonds is 2. The number of carboxylic acid groups (broad SMARTS) is 1. The first-order valence-electron chi connectivity index (χ1n) is 5.16. The van der Waals surface area contributed by atoms with Crippen LogP contribution in [0.25, 0.3) is 11.3 Å². The summed E-state index contributed by atoms with van der Waals surface area (Å²) in [6, 6.07) is 6.21. The molecular weight excluding hydrogens is 240 g/mol. The lowest BCUT2D eigenvalue weighted by atomic mass is 10.0. The first-order valence-corrected chi connectivity index (χ1v) is 5.16. The molecule has 18 heavy (non-hydrogen) atoms. The van der Waals surface area contributed by atoms with Gasteiger partial charge in [-0.15, -0.1) is 0 Å². The highest BCUT2D eigenvalue weighted by molar-refractivity contribution is 5.86. The van der Waals surface area contributed by atoms with Gasteiger partial charge < -0.3 is 5.11 Å². The molecular formula is C13H9F2NO2. The molecule has 0 saturated carbocycles. The van der Waals surface area contributed by atoms with Crippen molar-refractivity contribution in [2.45, 2.75) is 6.92 Å². The van der Waals surface area contributed by atoms with Crippen LogP contribution in [0, 0.1) is 18.6 Å². The molecule has 0 unspecified atom stereocenters. The summed E-state index contributed by atoms with van der Waals surface area (Å²) in [6.07, 6.45) is 0. The Morgan fingerprint density at radius 2 is 1.78 bits per heavy atom. The van der Waals surface area contributed by atoms with Crippen LogP contribution in [0.4, 0.5) is 8.78 Å². The van der Waals surface area contributed by atoms with Gasteiger partial charge in [0.15, 0.2) is 0 Å². The average molecular weight is 249 g/mol. The zero-order chi connectivity index (χ0) is 13.3. The van der Waals surface area contributed by atoms with Gasteiger partial charge in [-0.3, -0.25) is 0 Å². The summed E-state index contributed by atoms with van der Waals surface area (Å²) in [7, 11) is 0. The van der Waals surface area contributed by atoms with Crippen LogP contribution < -0.4 is 0 Å². The van der Waals surface area contributed by atoms with Crippen LogP contribution in [-0.2, 0) is 0 Å². The van der Waals surface area contributed by atoms with Crippen molar-refractivity contribution in [3.05, 3.63) is 53.2 Å². The molecule has 1 N–H and O–H groups in total. The SMILES string of the molecule is Cc1ccc(C(=O)O)nc1-c1c(F)cccc1F. The molecule has 0 aliphatic heterocycles. The molecule has 0 radical (unpaired) electrons. The fourth-order valence-electron chi connectivity index (χ4n) is 1.62. The van der Waals surface area contributed by atoms with Crippen molar-refractivity contribution < 1.29 is 18.7 Å². The van der Waals surface area contributed by atoms with Crippen LogP contribution in [0.2, 0.25) is 0 Å². The number of hydrogen-bond donors (Lipinski definition) is 1. The van der Waals surface area contributed by atoms with E-state index < -0.39 is 17.6 Å². The van der Waals surface area contributed by atoms with Gasteiger partial charge in [-0.1, -0.05) is 12.1 Å². The van der Waals surface area contributed by atoms with E-state index in [1.54, 1.807) is 6.92 Å². The van der Waals surface area contributed by atoms with E-state index in [-0.39, 0.29) is 17.0 Å². The standard InChI is InChI=1S/C13H9F2NO2/c1-7-5-6-10(13(17)18)16-12(7)11-8(14)3-2-4-9(11)15/h2-6H,1H3,(H,17,18). The summed E-state index contributed by atoms with van der Waals surface area (Å²) in [5, 5.41) is 8.84. The average Bonchev–Trinajstić information content (AvgIpc) is 2.30. The Labute approximate surface area is 102 Å². The third kappa shape index (κ3) is 2.07. The van der Waals surface area contributed by atoms with E-state index in [1.807, 2.05) is 0 Å². The van der Waals surface area contributed by atoms with Gasteiger partial charge in [-0.05, 0) is 30.7 Å². The summed E-state index contributed by atoms with van der Waals surface area (Å²) < 4.78 is 27.2. The highest BCUT2D eigenvalue weighted by Crippen LogP contribution is 2.27. The minimum Gasteiger partial charge on any atom is -0.477 e. The summed E-state index contributed by atoms with van der Waals surface area (Å²) in [5.41, 5.74) is -0.0501. The predicted octanol–water partition coefficient (Wildman–Crippen LogP) is 3.03. The number of carboxylic acids is 1. The number of nitrogens with zero attached hydrogens (tertiary/aromatic N) is 1. The Morgan fingerprint density at radius 3 is 2.33 bits per heavy atom. The number of halogens is 2. The van der Waals surface area contributed by atoms with Gasteiger partial charge in [-0.25, -0.2) is 18.6 Å². The minimum atomic E-state index is -1.24. The highest BCUT2D eigenvalue weighted by Gasteiger charge is 2.16. The summed E-state index contributed by atoms with van der Waals surface area (Å²) >= 11 is 0. The van der Waals surface area contributed by atoms with Gasteiger partial charge in [0.2, 0.25) is 0 Å². The van der Waals surface area contributed by atoms with Crippen molar-refractivity contribution in [1.82, 2.24) is 4.98 Å². The molecule has 0 aliphatic rings. The third-order valence-electron chi connectivity index (χ3n) is 2.52. The van der Waals surface area contributed by atoms with Crippen molar-refractivity contribution in [3.63, 3.8) is 0 Å². The lowest BCUT2D eigenvalue weighted by molar-refractivity contribution is 0.0690. The van der Waals surface area contributed by atoms with E-state index in [2.05, 4.69) is 4.98 Å². The monoisotopic (exact) mass is 249 g/mol. The van der Waals surface area contributed by atoms with Gasteiger partial charge >= 0.3 is 5.97 Å². The summed E-state index contributed by atoms with van der Waals surface area (Å²) in [6.45, 7) is 1.61. The molecule has 1 heterocycles. The zero-order valence-corrected chi connectivity index (χ0v) is 9.45. The maximum atomic E-state index is 13.6. The molecule has 0 atom stereocenters. The van der Waals surface area contributed by atoms with Crippen molar-refractivity contribution >= 4 is 5.97 Å². The van der Waals surface area contributed by atoms with Crippen LogP contribution in [-0.4, -0.2) is 16.1 Å². The molecule has 5 heteroatoms. The first kappa shape index (κ1) is 12.2. The normalized spacial score (nSPS) is 10.4. The molecule has 1 aromatic carbocycles. The molecule has 2 aromatic rings.